The summed E-state index contributed by atoms with van der Waals surface area (Å²) in [7, 11) is 0. The first kappa shape index (κ1) is 11.8. The van der Waals surface area contributed by atoms with E-state index in [-0.39, 0.29) is 11.9 Å². The summed E-state index contributed by atoms with van der Waals surface area (Å²) in [5.41, 5.74) is 0. The lowest BCUT2D eigenvalue weighted by molar-refractivity contribution is -0.122. The van der Waals surface area contributed by atoms with E-state index >= 15 is 0 Å². The van der Waals surface area contributed by atoms with Crippen molar-refractivity contribution < 1.29 is 14.3 Å². The van der Waals surface area contributed by atoms with Gasteiger partial charge in [-0.25, -0.2) is 4.79 Å². The summed E-state index contributed by atoms with van der Waals surface area (Å²) in [4.78, 5) is 22.1. The minimum absolute atomic E-state index is 0.00219. The topological polar surface area (TPSA) is 67.4 Å². The zero-order chi connectivity index (χ0) is 11.3. The standard InChI is InChI=1S/C10H18N2O3/c1-7(2)6-15-10(14)12-8-3-4-9(13)11-5-8/h7-8H,3-6H2,1-2H3,(H,11,13)(H,12,14). The largest absolute Gasteiger partial charge is 0.449 e. The van der Waals surface area contributed by atoms with Crippen molar-refractivity contribution in [2.75, 3.05) is 13.2 Å². The number of amides is 2. The molecule has 1 saturated heterocycles. The molecule has 1 heterocycles. The quantitative estimate of drug-likeness (QED) is 0.724. The van der Waals surface area contributed by atoms with Crippen LogP contribution in [0.25, 0.3) is 0 Å². The molecule has 1 rings (SSSR count). The molecule has 5 heteroatoms. The van der Waals surface area contributed by atoms with Gasteiger partial charge in [-0.15, -0.1) is 0 Å². The Morgan fingerprint density at radius 2 is 2.40 bits per heavy atom. The number of piperidine rings is 1. The molecular weight excluding hydrogens is 196 g/mol. The fraction of sp³-hybridized carbons (Fsp3) is 0.800. The molecule has 0 spiro atoms. The van der Waals surface area contributed by atoms with E-state index in [0.717, 1.165) is 0 Å². The molecule has 0 aromatic rings. The molecule has 1 aliphatic rings. The Morgan fingerprint density at radius 1 is 1.67 bits per heavy atom. The SMILES string of the molecule is CC(C)COC(=O)NC1CCC(=O)NC1. The number of carbonyl (C=O) groups is 2. The van der Waals surface area contributed by atoms with Crippen LogP contribution in [-0.2, 0) is 9.53 Å². The van der Waals surface area contributed by atoms with Gasteiger partial charge in [-0.2, -0.15) is 0 Å². The van der Waals surface area contributed by atoms with E-state index in [4.69, 9.17) is 4.74 Å². The van der Waals surface area contributed by atoms with Gasteiger partial charge in [0.15, 0.2) is 0 Å². The van der Waals surface area contributed by atoms with Crippen LogP contribution >= 0.6 is 0 Å². The number of ether oxygens (including phenoxy) is 1. The third kappa shape index (κ3) is 4.67. The predicted octanol–water partition coefficient (Wildman–Crippen LogP) is 0.647. The first-order valence-corrected chi connectivity index (χ1v) is 5.28. The number of hydrogen-bond donors (Lipinski definition) is 2. The second-order valence-corrected chi connectivity index (χ2v) is 4.18. The van der Waals surface area contributed by atoms with Crippen molar-refractivity contribution in [1.82, 2.24) is 10.6 Å². The lowest BCUT2D eigenvalue weighted by Crippen LogP contribution is -2.48. The van der Waals surface area contributed by atoms with Gasteiger partial charge in [-0.05, 0) is 12.3 Å². The van der Waals surface area contributed by atoms with Crippen LogP contribution in [0.5, 0.6) is 0 Å². The summed E-state index contributed by atoms with van der Waals surface area (Å²) in [6.07, 6.45) is 0.752. The first-order chi connectivity index (χ1) is 7.08. The predicted molar refractivity (Wildman–Crippen MR) is 55.4 cm³/mol. The highest BCUT2D eigenvalue weighted by Crippen LogP contribution is 2.03. The number of hydrogen-bond acceptors (Lipinski definition) is 3. The monoisotopic (exact) mass is 214 g/mol. The van der Waals surface area contributed by atoms with E-state index in [0.29, 0.717) is 31.9 Å². The van der Waals surface area contributed by atoms with Gasteiger partial charge in [0.05, 0.1) is 12.6 Å². The third-order valence-corrected chi connectivity index (χ3v) is 2.14. The van der Waals surface area contributed by atoms with Gasteiger partial charge < -0.3 is 15.4 Å². The van der Waals surface area contributed by atoms with Crippen LogP contribution < -0.4 is 10.6 Å². The molecule has 2 amide bonds. The van der Waals surface area contributed by atoms with E-state index in [9.17, 15) is 9.59 Å². The average Bonchev–Trinajstić information content (AvgIpc) is 2.19. The molecule has 0 aromatic carbocycles. The molecule has 2 N–H and O–H groups in total. The number of nitrogens with one attached hydrogen (secondary N) is 2. The molecule has 1 fully saturated rings. The highest BCUT2D eigenvalue weighted by Gasteiger charge is 2.19. The Hall–Kier alpha value is -1.26. The Kier molecular flexibility index (Phi) is 4.39. The number of carbonyl (C=O) groups excluding carboxylic acids is 2. The Morgan fingerprint density at radius 3 is 2.93 bits per heavy atom. The first-order valence-electron chi connectivity index (χ1n) is 5.28. The average molecular weight is 214 g/mol. The fourth-order valence-corrected chi connectivity index (χ4v) is 1.31. The maximum Gasteiger partial charge on any atom is 0.407 e. The van der Waals surface area contributed by atoms with Crippen LogP contribution in [0.3, 0.4) is 0 Å². The normalized spacial score (nSPS) is 21.0. The van der Waals surface area contributed by atoms with Gasteiger partial charge in [0.2, 0.25) is 5.91 Å². The molecule has 0 aliphatic carbocycles. The van der Waals surface area contributed by atoms with Crippen molar-refractivity contribution in [3.8, 4) is 0 Å². The Labute approximate surface area is 89.6 Å². The van der Waals surface area contributed by atoms with E-state index in [1.165, 1.54) is 0 Å². The van der Waals surface area contributed by atoms with Gasteiger partial charge in [0.1, 0.15) is 0 Å². The van der Waals surface area contributed by atoms with Crippen molar-refractivity contribution in [3.05, 3.63) is 0 Å². The van der Waals surface area contributed by atoms with E-state index in [1.807, 2.05) is 13.8 Å². The number of alkyl carbamates (subject to hydrolysis) is 1. The van der Waals surface area contributed by atoms with E-state index < -0.39 is 6.09 Å². The van der Waals surface area contributed by atoms with Crippen molar-refractivity contribution in [1.29, 1.82) is 0 Å². The van der Waals surface area contributed by atoms with Crippen LogP contribution in [0, 0.1) is 5.92 Å². The molecule has 1 atom stereocenters. The molecule has 5 nitrogen and oxygen atoms in total. The fourth-order valence-electron chi connectivity index (χ4n) is 1.31. The smallest absolute Gasteiger partial charge is 0.407 e. The molecular formula is C10H18N2O3. The van der Waals surface area contributed by atoms with Crippen molar-refractivity contribution in [2.24, 2.45) is 5.92 Å². The van der Waals surface area contributed by atoms with E-state index in [1.54, 1.807) is 0 Å². The van der Waals surface area contributed by atoms with Gasteiger partial charge in [0, 0.05) is 13.0 Å². The molecule has 1 unspecified atom stereocenters. The molecule has 15 heavy (non-hydrogen) atoms. The van der Waals surface area contributed by atoms with Crippen LogP contribution in [0.15, 0.2) is 0 Å². The maximum atomic E-state index is 11.3. The Balaban J connectivity index is 2.17. The summed E-state index contributed by atoms with van der Waals surface area (Å²) >= 11 is 0. The number of rotatable bonds is 3. The second kappa shape index (κ2) is 5.58. The summed E-state index contributed by atoms with van der Waals surface area (Å²) in [5, 5.41) is 5.41. The summed E-state index contributed by atoms with van der Waals surface area (Å²) < 4.78 is 4.97. The van der Waals surface area contributed by atoms with Crippen molar-refractivity contribution in [3.63, 3.8) is 0 Å². The zero-order valence-corrected chi connectivity index (χ0v) is 9.21. The van der Waals surface area contributed by atoms with Gasteiger partial charge in [-0.3, -0.25) is 4.79 Å². The third-order valence-electron chi connectivity index (χ3n) is 2.14. The minimum Gasteiger partial charge on any atom is -0.449 e. The zero-order valence-electron chi connectivity index (χ0n) is 9.21. The van der Waals surface area contributed by atoms with Crippen LogP contribution in [0.2, 0.25) is 0 Å². The van der Waals surface area contributed by atoms with Crippen LogP contribution in [0.1, 0.15) is 26.7 Å². The lowest BCUT2D eigenvalue weighted by atomic mass is 10.1. The molecule has 0 bridgehead atoms. The summed E-state index contributed by atoms with van der Waals surface area (Å²) in [5.74, 6) is 0.380. The summed E-state index contributed by atoms with van der Waals surface area (Å²) in [6, 6.07) is 0.00219. The Bertz CT molecular complexity index is 231. The van der Waals surface area contributed by atoms with Gasteiger partial charge in [0.25, 0.3) is 0 Å². The minimum atomic E-state index is -0.398. The highest BCUT2D eigenvalue weighted by atomic mass is 16.5. The molecule has 1 aliphatic heterocycles. The van der Waals surface area contributed by atoms with Gasteiger partial charge >= 0.3 is 6.09 Å². The molecule has 0 radical (unpaired) electrons. The highest BCUT2D eigenvalue weighted by molar-refractivity contribution is 5.77. The summed E-state index contributed by atoms with van der Waals surface area (Å²) in [6.45, 7) is 4.88. The molecule has 0 aromatic heterocycles. The van der Waals surface area contributed by atoms with Crippen molar-refractivity contribution >= 4 is 12.0 Å². The lowest BCUT2D eigenvalue weighted by Gasteiger charge is -2.23. The second-order valence-electron chi connectivity index (χ2n) is 4.18. The molecule has 86 valence electrons. The molecule has 0 saturated carbocycles. The maximum absolute atomic E-state index is 11.3. The van der Waals surface area contributed by atoms with Crippen LogP contribution in [0.4, 0.5) is 4.79 Å². The van der Waals surface area contributed by atoms with Crippen molar-refractivity contribution in [2.45, 2.75) is 32.7 Å². The van der Waals surface area contributed by atoms with Crippen LogP contribution in [-0.4, -0.2) is 31.2 Å². The van der Waals surface area contributed by atoms with E-state index in [2.05, 4.69) is 10.6 Å². The van der Waals surface area contributed by atoms with Gasteiger partial charge in [-0.1, -0.05) is 13.8 Å².